The zero-order valence-corrected chi connectivity index (χ0v) is 19.0. The van der Waals surface area contributed by atoms with E-state index in [0.29, 0.717) is 29.8 Å². The summed E-state index contributed by atoms with van der Waals surface area (Å²) in [6.45, 7) is 0.681. The van der Waals surface area contributed by atoms with Crippen molar-refractivity contribution in [2.75, 3.05) is 13.1 Å². The summed E-state index contributed by atoms with van der Waals surface area (Å²) in [7, 11) is -3.88. The molecule has 2 aliphatic rings. The van der Waals surface area contributed by atoms with Crippen molar-refractivity contribution in [2.24, 2.45) is 5.92 Å². The third-order valence-electron chi connectivity index (χ3n) is 6.41. The lowest BCUT2D eigenvalue weighted by atomic mass is 9.81. The molecule has 1 saturated heterocycles. The van der Waals surface area contributed by atoms with E-state index in [-0.39, 0.29) is 41.1 Å². The highest BCUT2D eigenvalue weighted by molar-refractivity contribution is 7.89. The number of ether oxygens (including phenoxy) is 1. The SMILES string of the molecule is O=c1ccc(-c2ccc(OC(F)(F)F)cc2)c2n1CC1CC2CN(S(=O)(=O)c2ccc(F)cc2)C1. The minimum atomic E-state index is -4.81. The van der Waals surface area contributed by atoms with Gasteiger partial charge in [-0.3, -0.25) is 4.79 Å². The van der Waals surface area contributed by atoms with Gasteiger partial charge in [0.25, 0.3) is 5.56 Å². The van der Waals surface area contributed by atoms with Gasteiger partial charge in [0.05, 0.1) is 4.90 Å². The zero-order valence-electron chi connectivity index (χ0n) is 18.2. The number of sulfonamides is 1. The quantitative estimate of drug-likeness (QED) is 0.491. The normalized spacial score (nSPS) is 20.3. The number of rotatable bonds is 4. The van der Waals surface area contributed by atoms with Crippen molar-refractivity contribution in [3.05, 3.63) is 82.5 Å². The first-order chi connectivity index (χ1) is 16.5. The van der Waals surface area contributed by atoms with Gasteiger partial charge in [0, 0.05) is 42.9 Å². The van der Waals surface area contributed by atoms with Gasteiger partial charge in [-0.05, 0) is 60.4 Å². The van der Waals surface area contributed by atoms with Crippen LogP contribution in [-0.2, 0) is 16.6 Å². The molecule has 184 valence electrons. The first-order valence-electron chi connectivity index (χ1n) is 10.9. The Labute approximate surface area is 198 Å². The first-order valence-corrected chi connectivity index (χ1v) is 12.3. The molecule has 0 aliphatic carbocycles. The number of hydrogen-bond donors (Lipinski definition) is 0. The van der Waals surface area contributed by atoms with Crippen LogP contribution in [0.15, 0.2) is 70.4 Å². The van der Waals surface area contributed by atoms with Crippen molar-refractivity contribution in [3.63, 3.8) is 0 Å². The van der Waals surface area contributed by atoms with Gasteiger partial charge in [-0.25, -0.2) is 12.8 Å². The molecule has 5 rings (SSSR count). The van der Waals surface area contributed by atoms with Gasteiger partial charge in [0.15, 0.2) is 0 Å². The smallest absolute Gasteiger partial charge is 0.406 e. The average Bonchev–Trinajstić information content (AvgIpc) is 2.79. The van der Waals surface area contributed by atoms with Gasteiger partial charge in [-0.2, -0.15) is 4.31 Å². The Morgan fingerprint density at radius 3 is 2.23 bits per heavy atom. The van der Waals surface area contributed by atoms with Crippen molar-refractivity contribution >= 4 is 10.0 Å². The van der Waals surface area contributed by atoms with Crippen LogP contribution in [0.25, 0.3) is 11.1 Å². The maximum Gasteiger partial charge on any atom is 0.573 e. The standard InChI is InChI=1S/C24H20F4N2O4S/c25-18-3-7-20(8-4-18)35(32,33)29-12-15-11-17(14-29)23-21(9-10-22(31)30(23)13-15)16-1-5-19(6-2-16)34-24(26,27)28/h1-10,15,17H,11-14H2. The van der Waals surface area contributed by atoms with Crippen LogP contribution < -0.4 is 10.3 Å². The van der Waals surface area contributed by atoms with Gasteiger partial charge in [0.1, 0.15) is 11.6 Å². The van der Waals surface area contributed by atoms with Crippen LogP contribution in [0.2, 0.25) is 0 Å². The summed E-state index contributed by atoms with van der Waals surface area (Å²) >= 11 is 0. The van der Waals surface area contributed by atoms with Crippen LogP contribution in [0.5, 0.6) is 5.75 Å². The lowest BCUT2D eigenvalue weighted by Gasteiger charge is -2.42. The second-order valence-corrected chi connectivity index (χ2v) is 10.7. The summed E-state index contributed by atoms with van der Waals surface area (Å²) in [5.41, 5.74) is 1.66. The molecule has 6 nitrogen and oxygen atoms in total. The van der Waals surface area contributed by atoms with E-state index in [1.807, 2.05) is 0 Å². The molecule has 2 aromatic carbocycles. The Morgan fingerprint density at radius 1 is 0.886 bits per heavy atom. The highest BCUT2D eigenvalue weighted by atomic mass is 32.2. The van der Waals surface area contributed by atoms with Crippen molar-refractivity contribution < 1.29 is 30.7 Å². The number of nitrogens with zero attached hydrogens (tertiary/aromatic N) is 2. The van der Waals surface area contributed by atoms with Crippen LogP contribution in [0.4, 0.5) is 17.6 Å². The molecule has 2 bridgehead atoms. The number of pyridine rings is 1. The number of fused-ring (bicyclic) bond motifs is 4. The molecule has 1 aromatic heterocycles. The van der Waals surface area contributed by atoms with E-state index in [9.17, 15) is 30.8 Å². The molecule has 35 heavy (non-hydrogen) atoms. The number of piperidine rings is 1. The van der Waals surface area contributed by atoms with Crippen molar-refractivity contribution in [1.29, 1.82) is 0 Å². The first kappa shape index (κ1) is 23.6. The maximum atomic E-state index is 13.3. The molecule has 1 fully saturated rings. The molecule has 3 aromatic rings. The second kappa shape index (κ2) is 8.49. The predicted octanol–water partition coefficient (Wildman–Crippen LogP) is 4.36. The molecule has 0 amide bonds. The third-order valence-corrected chi connectivity index (χ3v) is 8.25. The fourth-order valence-corrected chi connectivity index (χ4v) is 6.56. The fraction of sp³-hybridized carbons (Fsp3) is 0.292. The molecule has 0 radical (unpaired) electrons. The maximum absolute atomic E-state index is 13.3. The molecular formula is C24H20F4N2O4S. The largest absolute Gasteiger partial charge is 0.573 e. The van der Waals surface area contributed by atoms with Crippen LogP contribution in [0.1, 0.15) is 18.0 Å². The second-order valence-electron chi connectivity index (χ2n) is 8.73. The predicted molar refractivity (Wildman–Crippen MR) is 119 cm³/mol. The monoisotopic (exact) mass is 508 g/mol. The van der Waals surface area contributed by atoms with Gasteiger partial charge < -0.3 is 9.30 Å². The number of halogens is 4. The summed E-state index contributed by atoms with van der Waals surface area (Å²) in [6, 6.07) is 13.0. The van der Waals surface area contributed by atoms with Crippen molar-refractivity contribution in [3.8, 4) is 16.9 Å². The molecule has 11 heteroatoms. The van der Waals surface area contributed by atoms with Crippen LogP contribution >= 0.6 is 0 Å². The molecule has 2 atom stereocenters. The van der Waals surface area contributed by atoms with E-state index in [2.05, 4.69) is 4.74 Å². The lowest BCUT2D eigenvalue weighted by molar-refractivity contribution is -0.274. The van der Waals surface area contributed by atoms with Crippen LogP contribution in [-0.4, -0.2) is 36.7 Å². The van der Waals surface area contributed by atoms with E-state index in [1.54, 1.807) is 10.6 Å². The molecule has 0 spiro atoms. The van der Waals surface area contributed by atoms with Gasteiger partial charge >= 0.3 is 6.36 Å². The number of alkyl halides is 3. The Kier molecular flexibility index (Phi) is 5.71. The Hall–Kier alpha value is -3.18. The van der Waals surface area contributed by atoms with Crippen molar-refractivity contribution in [2.45, 2.75) is 30.1 Å². The number of benzene rings is 2. The van der Waals surface area contributed by atoms with E-state index in [4.69, 9.17) is 0 Å². The summed E-state index contributed by atoms with van der Waals surface area (Å²) in [4.78, 5) is 12.7. The molecule has 2 aliphatic heterocycles. The lowest BCUT2D eigenvalue weighted by Crippen LogP contribution is -2.49. The van der Waals surface area contributed by atoms with Crippen LogP contribution in [0.3, 0.4) is 0 Å². The molecule has 0 N–H and O–H groups in total. The number of aromatic nitrogens is 1. The summed E-state index contributed by atoms with van der Waals surface area (Å²) in [5.74, 6) is -1.29. The molecule has 3 heterocycles. The molecule has 2 unspecified atom stereocenters. The fourth-order valence-electron chi connectivity index (χ4n) is 5.00. The summed E-state index contributed by atoms with van der Waals surface area (Å²) in [5, 5.41) is 0. The Balaban J connectivity index is 1.51. The highest BCUT2D eigenvalue weighted by Gasteiger charge is 2.40. The molecular weight excluding hydrogens is 488 g/mol. The topological polar surface area (TPSA) is 68.6 Å². The molecule has 0 saturated carbocycles. The summed E-state index contributed by atoms with van der Waals surface area (Å²) < 4.78 is 84.3. The van der Waals surface area contributed by atoms with Gasteiger partial charge in [-0.15, -0.1) is 13.2 Å². The van der Waals surface area contributed by atoms with Gasteiger partial charge in [-0.1, -0.05) is 12.1 Å². The highest BCUT2D eigenvalue weighted by Crippen LogP contribution is 2.41. The van der Waals surface area contributed by atoms with E-state index >= 15 is 0 Å². The minimum Gasteiger partial charge on any atom is -0.406 e. The Morgan fingerprint density at radius 2 is 1.57 bits per heavy atom. The van der Waals surface area contributed by atoms with E-state index in [1.165, 1.54) is 46.8 Å². The van der Waals surface area contributed by atoms with E-state index in [0.717, 1.165) is 12.1 Å². The number of hydrogen-bond acceptors (Lipinski definition) is 4. The van der Waals surface area contributed by atoms with Crippen LogP contribution in [0, 0.1) is 11.7 Å². The van der Waals surface area contributed by atoms with Crippen molar-refractivity contribution in [1.82, 2.24) is 8.87 Å². The third kappa shape index (κ3) is 4.57. The minimum absolute atomic E-state index is 0.00944. The summed E-state index contributed by atoms with van der Waals surface area (Å²) in [6.07, 6.45) is -4.14. The van der Waals surface area contributed by atoms with Gasteiger partial charge in [0.2, 0.25) is 10.0 Å². The Bertz CT molecular complexity index is 1420. The average molecular weight is 508 g/mol. The zero-order chi connectivity index (χ0) is 25.0. The van der Waals surface area contributed by atoms with E-state index < -0.39 is 22.2 Å².